The number of hydrogen-bond donors (Lipinski definition) is 4. The van der Waals surface area contributed by atoms with Gasteiger partial charge in [0.1, 0.15) is 27.0 Å². The Balaban J connectivity index is 1.38. The van der Waals surface area contributed by atoms with Gasteiger partial charge in [-0.05, 0) is 20.0 Å². The topological polar surface area (TPSA) is 208 Å². The minimum Gasteiger partial charge on any atom is -0.543 e. The Bertz CT molecular complexity index is 1720. The molecule has 232 valence electrons. The van der Waals surface area contributed by atoms with Crippen molar-refractivity contribution in [3.8, 4) is 0 Å². The average molecular weight is 663 g/mol. The number of likely N-dealkylation sites (N-methyl/N-ethyl adjacent to an activating group) is 1. The number of nitrogen functional groups attached to an aromatic ring is 1. The third-order valence-corrected chi connectivity index (χ3v) is 9.42. The number of carbonyl (C=O) groups excluding carboxylic acids is 3. The zero-order valence-electron chi connectivity index (χ0n) is 23.4. The number of β-lactam (4-membered cyclic amide) rings is 1. The van der Waals surface area contributed by atoms with E-state index < -0.39 is 47.0 Å². The molecule has 5 heterocycles. The molecule has 0 spiro atoms. The van der Waals surface area contributed by atoms with Gasteiger partial charge in [0.05, 0.1) is 11.7 Å². The summed E-state index contributed by atoms with van der Waals surface area (Å²) in [5, 5.41) is 30.0. The zero-order chi connectivity index (χ0) is 31.7. The molecule has 5 rings (SSSR count). The first-order chi connectivity index (χ1) is 21.0. The lowest BCUT2D eigenvalue weighted by atomic mass is 10.0. The summed E-state index contributed by atoms with van der Waals surface area (Å²) in [6.07, 6.45) is 2.39. The summed E-state index contributed by atoms with van der Waals surface area (Å²) in [6, 6.07) is 4.67. The number of carboxylic acids is 2. The van der Waals surface area contributed by atoms with Crippen molar-refractivity contribution in [2.75, 3.05) is 25.1 Å². The number of anilines is 1. The Morgan fingerprint density at radius 1 is 1.39 bits per heavy atom. The molecule has 2 aliphatic rings. The van der Waals surface area contributed by atoms with Crippen LogP contribution < -0.4 is 26.0 Å². The van der Waals surface area contributed by atoms with Crippen molar-refractivity contribution in [3.05, 3.63) is 51.9 Å². The monoisotopic (exact) mass is 662 g/mol. The number of fused-ring (bicyclic) bond motifs is 2. The van der Waals surface area contributed by atoms with E-state index in [4.69, 9.17) is 27.3 Å². The number of oxime groups is 1. The maximum atomic E-state index is 13.3. The molecule has 1 fully saturated rings. The molecule has 44 heavy (non-hydrogen) atoms. The van der Waals surface area contributed by atoms with E-state index in [-0.39, 0.29) is 33.2 Å². The Kier molecular flexibility index (Phi) is 9.10. The maximum Gasteiger partial charge on any atom is 0.347 e. The molecule has 3 aromatic heterocycles. The van der Waals surface area contributed by atoms with Crippen molar-refractivity contribution in [2.45, 2.75) is 37.5 Å². The smallest absolute Gasteiger partial charge is 0.347 e. The number of carbonyl (C=O) groups is 4. The Morgan fingerprint density at radius 2 is 2.16 bits per heavy atom. The van der Waals surface area contributed by atoms with E-state index in [9.17, 15) is 24.3 Å². The van der Waals surface area contributed by atoms with Crippen LogP contribution in [-0.2, 0) is 37.1 Å². The predicted octanol–water partition coefficient (Wildman–Crippen LogP) is -0.862. The lowest BCUT2D eigenvalue weighted by molar-refractivity contribution is -0.663. The molecular weight excluding hydrogens is 636 g/mol. The van der Waals surface area contributed by atoms with E-state index in [2.05, 4.69) is 25.3 Å². The van der Waals surface area contributed by atoms with Gasteiger partial charge in [-0.25, -0.2) is 9.78 Å². The van der Waals surface area contributed by atoms with Gasteiger partial charge in [0.15, 0.2) is 23.6 Å². The molecule has 0 saturated carbocycles. The molecule has 0 radical (unpaired) electrons. The van der Waals surface area contributed by atoms with E-state index in [0.717, 1.165) is 40.4 Å². The standard InChI is InChI=1S/C26H27ClN8O7S2/c1-12(24(38)39)42-32-17(16-20(27)44-26(28)31-16)21(36)30-18-22(37)35-19(25(40)41)13(11-43-23(18)35)10-34-7-3-4-14-15(34)5-8-33(14)9-6-29-2/h3-5,7-8,12,18,23,29H,6,9-11H2,1-2H3,(H4-,28,30,31,36,38,39,40,41)/b32-17-/t12-,18?,23?/m0/s1. The second-order valence-corrected chi connectivity index (χ2v) is 12.6. The number of carboxylic acid groups (broad SMARTS) is 2. The van der Waals surface area contributed by atoms with Crippen LogP contribution in [-0.4, -0.2) is 85.9 Å². The van der Waals surface area contributed by atoms with E-state index >= 15 is 0 Å². The van der Waals surface area contributed by atoms with Crippen molar-refractivity contribution in [1.29, 1.82) is 0 Å². The van der Waals surface area contributed by atoms with Gasteiger partial charge >= 0.3 is 5.97 Å². The summed E-state index contributed by atoms with van der Waals surface area (Å²) < 4.78 is 4.00. The van der Waals surface area contributed by atoms with Gasteiger partial charge < -0.3 is 40.8 Å². The van der Waals surface area contributed by atoms with E-state index in [1.807, 2.05) is 42.2 Å². The van der Waals surface area contributed by atoms with Crippen LogP contribution in [0.25, 0.3) is 11.0 Å². The van der Waals surface area contributed by atoms with Crippen LogP contribution in [0.4, 0.5) is 5.13 Å². The van der Waals surface area contributed by atoms with Gasteiger partial charge in [0.25, 0.3) is 11.8 Å². The molecule has 5 N–H and O–H groups in total. The van der Waals surface area contributed by atoms with Crippen molar-refractivity contribution in [2.24, 2.45) is 5.16 Å². The van der Waals surface area contributed by atoms with Gasteiger partial charge in [-0.1, -0.05) is 28.1 Å². The first kappa shape index (κ1) is 31.2. The highest BCUT2D eigenvalue weighted by molar-refractivity contribution is 8.00. The Morgan fingerprint density at radius 3 is 2.82 bits per heavy atom. The number of nitrogens with zero attached hydrogens (tertiary/aromatic N) is 5. The highest BCUT2D eigenvalue weighted by Gasteiger charge is 2.53. The molecule has 18 heteroatoms. The number of aliphatic carboxylic acids is 2. The second-order valence-electron chi connectivity index (χ2n) is 9.82. The molecule has 0 aliphatic carbocycles. The number of amides is 2. The highest BCUT2D eigenvalue weighted by Crippen LogP contribution is 2.40. The largest absolute Gasteiger partial charge is 0.543 e. The minimum absolute atomic E-state index is 0.00621. The van der Waals surface area contributed by atoms with Crippen LogP contribution in [0, 0.1) is 0 Å². The molecule has 2 unspecified atom stereocenters. The van der Waals surface area contributed by atoms with Crippen LogP contribution in [0.5, 0.6) is 0 Å². The summed E-state index contributed by atoms with van der Waals surface area (Å²) in [6.45, 7) is 2.94. The van der Waals surface area contributed by atoms with Gasteiger partial charge in [0.2, 0.25) is 11.6 Å². The van der Waals surface area contributed by atoms with E-state index in [0.29, 0.717) is 5.57 Å². The van der Waals surface area contributed by atoms with E-state index in [1.54, 1.807) is 0 Å². The minimum atomic E-state index is -1.51. The van der Waals surface area contributed by atoms with Crippen molar-refractivity contribution in [1.82, 2.24) is 25.1 Å². The lowest BCUT2D eigenvalue weighted by Crippen LogP contribution is -2.71. The number of thiazole rings is 1. The Hall–Kier alpha value is -4.19. The number of hydrogen-bond acceptors (Lipinski definition) is 12. The number of nitrogens with one attached hydrogen (secondary N) is 2. The average Bonchev–Trinajstić information content (AvgIpc) is 3.56. The predicted molar refractivity (Wildman–Crippen MR) is 159 cm³/mol. The quantitative estimate of drug-likeness (QED) is 0.0812. The van der Waals surface area contributed by atoms with E-state index in [1.165, 1.54) is 18.7 Å². The number of halogens is 1. The molecule has 1 saturated heterocycles. The number of thioether (sulfide) groups is 1. The highest BCUT2D eigenvalue weighted by atomic mass is 35.5. The zero-order valence-corrected chi connectivity index (χ0v) is 25.7. The van der Waals surface area contributed by atoms with Gasteiger partial charge in [-0.2, -0.15) is 4.57 Å². The third-order valence-electron chi connectivity index (χ3n) is 7.00. The Labute approximate surface area is 263 Å². The molecule has 3 atom stereocenters. The first-order valence-electron chi connectivity index (χ1n) is 13.2. The molecule has 2 amide bonds. The van der Waals surface area contributed by atoms with Gasteiger partial charge in [-0.15, -0.1) is 11.8 Å². The summed E-state index contributed by atoms with van der Waals surface area (Å²) >= 11 is 8.30. The van der Waals surface area contributed by atoms with Crippen molar-refractivity contribution >= 4 is 80.3 Å². The SMILES string of the molecule is CNCCn1ccc2c1ccc[n+]2CC1=C(C(=O)[O-])N2C(=O)C(NC(=O)/C(=N\O[C@@H](C)C(=O)O)c3nc(N)sc3Cl)C2SC1. The van der Waals surface area contributed by atoms with Crippen LogP contribution >= 0.6 is 34.7 Å². The fraction of sp³-hybridized carbons (Fsp3) is 0.346. The van der Waals surface area contributed by atoms with Crippen molar-refractivity contribution < 1.29 is 38.8 Å². The third kappa shape index (κ3) is 5.95. The first-order valence-corrected chi connectivity index (χ1v) is 15.5. The number of rotatable bonds is 12. The molecule has 3 aromatic rings. The number of nitrogens with two attached hydrogens (primary N) is 1. The van der Waals surface area contributed by atoms with Gasteiger partial charge in [-0.3, -0.25) is 14.5 Å². The number of aromatic nitrogens is 3. The van der Waals surface area contributed by atoms with Crippen LogP contribution in [0.3, 0.4) is 0 Å². The second kappa shape index (κ2) is 12.8. The van der Waals surface area contributed by atoms with Crippen LogP contribution in [0.15, 0.2) is 47.0 Å². The molecular formula is C26H27ClN8O7S2. The van der Waals surface area contributed by atoms with Gasteiger partial charge in [0, 0.05) is 42.7 Å². The molecule has 0 aromatic carbocycles. The maximum absolute atomic E-state index is 13.3. The van der Waals surface area contributed by atoms with Crippen LogP contribution in [0.1, 0.15) is 12.6 Å². The molecule has 2 aliphatic heterocycles. The fourth-order valence-electron chi connectivity index (χ4n) is 4.82. The van der Waals surface area contributed by atoms with Crippen LogP contribution in [0.2, 0.25) is 4.34 Å². The number of pyridine rings is 1. The molecule has 15 nitrogen and oxygen atoms in total. The molecule has 0 bridgehead atoms. The normalized spacial score (nSPS) is 19.0. The lowest BCUT2D eigenvalue weighted by Gasteiger charge is -2.50. The van der Waals surface area contributed by atoms with Crippen molar-refractivity contribution in [3.63, 3.8) is 0 Å². The fourth-order valence-corrected chi connectivity index (χ4v) is 7.09. The summed E-state index contributed by atoms with van der Waals surface area (Å²) in [5.41, 5.74) is 7.15. The summed E-state index contributed by atoms with van der Waals surface area (Å²) in [5.74, 6) is -4.20. The summed E-state index contributed by atoms with van der Waals surface area (Å²) in [7, 11) is 1.87. The summed E-state index contributed by atoms with van der Waals surface area (Å²) in [4.78, 5) is 60.1.